The minimum absolute atomic E-state index is 1.20. The zero-order valence-corrected chi connectivity index (χ0v) is 15.1. The van der Waals surface area contributed by atoms with Crippen LogP contribution in [0.1, 0.15) is 25.7 Å². The van der Waals surface area contributed by atoms with E-state index in [4.69, 9.17) is 25.5 Å². The van der Waals surface area contributed by atoms with E-state index >= 15 is 0 Å². The maximum Gasteiger partial charge on any atom is 0.405 e. The topological polar surface area (TPSA) is 282 Å². The van der Waals surface area contributed by atoms with Gasteiger partial charge >= 0.3 is 43.6 Å². The second-order valence-corrected chi connectivity index (χ2v) is 7.14. The van der Waals surface area contributed by atoms with E-state index in [1.54, 1.807) is 0 Å². The molecule has 8 N–H and O–H groups in total. The van der Waals surface area contributed by atoms with Crippen molar-refractivity contribution >= 4 is 43.6 Å². The maximum absolute atomic E-state index is 12.3. The summed E-state index contributed by atoms with van der Waals surface area (Å²) in [5.41, 5.74) is -6.58. The van der Waals surface area contributed by atoms with Gasteiger partial charge in [-0.2, -0.15) is 0 Å². The van der Waals surface area contributed by atoms with Crippen LogP contribution in [0.3, 0.4) is 0 Å². The Balaban J connectivity index is 6.27. The number of hydrogen-bond donors (Lipinski definition) is 8. The molecule has 0 saturated heterocycles. The molecule has 0 fully saturated rings. The quantitative estimate of drug-likeness (QED) is 0.137. The van der Waals surface area contributed by atoms with Crippen molar-refractivity contribution in [3.05, 3.63) is 0 Å². The van der Waals surface area contributed by atoms with E-state index in [9.17, 15) is 43.3 Å². The summed E-state index contributed by atoms with van der Waals surface area (Å²) in [5, 5.41) is 54.8. The largest absolute Gasteiger partial charge is 0.481 e. The smallest absolute Gasteiger partial charge is 0.405 e. The fraction of sp³-hybridized carbons (Fsp3) is 0.500. The van der Waals surface area contributed by atoms with Gasteiger partial charge < -0.3 is 35.5 Å². The molecule has 0 aromatic heterocycles. The first kappa shape index (κ1) is 25.9. The molecule has 0 aromatic rings. The van der Waals surface area contributed by atoms with E-state index in [1.165, 1.54) is 5.09 Å². The Bertz CT molecular complexity index is 681. The lowest BCUT2D eigenvalue weighted by Gasteiger charge is -2.33. The molecule has 1 atom stereocenters. The summed E-state index contributed by atoms with van der Waals surface area (Å²) in [6.45, 7) is 0. The predicted molar refractivity (Wildman–Crippen MR) is 83.8 cm³/mol. The molecule has 0 aliphatic heterocycles. The number of nitrogens with one attached hydrogen (secondary N) is 1. The molecule has 0 saturated carbocycles. The van der Waals surface area contributed by atoms with E-state index in [-0.39, 0.29) is 0 Å². The molecule has 0 aromatic carbocycles. The monoisotopic (exact) mass is 445 g/mol. The van der Waals surface area contributed by atoms with Crippen LogP contribution in [0.25, 0.3) is 0 Å². The third kappa shape index (κ3) is 7.82. The van der Waals surface area contributed by atoms with Crippen LogP contribution >= 0.6 is 7.75 Å². The first-order chi connectivity index (χ1) is 13.0. The first-order valence-corrected chi connectivity index (χ1v) is 8.72. The van der Waals surface area contributed by atoms with Crippen LogP contribution < -0.4 is 5.09 Å². The van der Waals surface area contributed by atoms with Gasteiger partial charge in [0.2, 0.25) is 0 Å². The summed E-state index contributed by atoms with van der Waals surface area (Å²) in [6, 6.07) is 0. The second-order valence-electron chi connectivity index (χ2n) is 5.69. The summed E-state index contributed by atoms with van der Waals surface area (Å²) in [6.07, 6.45) is -6.53. The lowest BCUT2D eigenvalue weighted by Crippen LogP contribution is -2.55. The van der Waals surface area contributed by atoms with E-state index in [1.807, 2.05) is 0 Å². The second kappa shape index (κ2) is 9.42. The number of carbonyl (C=O) groups is 6. The number of carboxylic acids is 6. The zero-order chi connectivity index (χ0) is 23.2. The highest BCUT2D eigenvalue weighted by Crippen LogP contribution is 2.47. The number of hydrogen-bond acceptors (Lipinski definition) is 8. The van der Waals surface area contributed by atoms with Gasteiger partial charge in [0.15, 0.2) is 5.60 Å². The van der Waals surface area contributed by atoms with Gasteiger partial charge in [-0.3, -0.25) is 28.5 Å². The van der Waals surface area contributed by atoms with Crippen molar-refractivity contribution in [2.24, 2.45) is 0 Å². The molecular weight excluding hydrogens is 429 g/mol. The van der Waals surface area contributed by atoms with Gasteiger partial charge in [0, 0.05) is 0 Å². The highest BCUT2D eigenvalue weighted by atomic mass is 31.2. The highest BCUT2D eigenvalue weighted by Gasteiger charge is 2.54. The summed E-state index contributed by atoms with van der Waals surface area (Å²) < 4.78 is 16.6. The number of rotatable bonds is 14. The normalized spacial score (nSPS) is 13.8. The molecule has 1 unspecified atom stereocenters. The Hall–Kier alpha value is -3.07. The molecule has 0 amide bonds. The fourth-order valence-electron chi connectivity index (χ4n) is 2.19. The van der Waals surface area contributed by atoms with Crippen molar-refractivity contribution in [3.8, 4) is 0 Å². The van der Waals surface area contributed by atoms with Gasteiger partial charge in [-0.05, 0) is 0 Å². The van der Waals surface area contributed by atoms with Crippen molar-refractivity contribution in [3.63, 3.8) is 0 Å². The molecule has 17 heteroatoms. The van der Waals surface area contributed by atoms with Crippen molar-refractivity contribution in [1.29, 1.82) is 0 Å². The lowest BCUT2D eigenvalue weighted by molar-refractivity contribution is -0.168. The molecule has 0 heterocycles. The predicted octanol–water partition coefficient (Wildman–Crippen LogP) is -1.76. The molecule has 0 rings (SSSR count). The summed E-state index contributed by atoms with van der Waals surface area (Å²) in [7, 11) is -5.83. The third-order valence-electron chi connectivity index (χ3n) is 3.23. The van der Waals surface area contributed by atoms with Gasteiger partial charge in [-0.1, -0.05) is 0 Å². The van der Waals surface area contributed by atoms with Crippen LogP contribution in [0.2, 0.25) is 0 Å². The summed E-state index contributed by atoms with van der Waals surface area (Å²) >= 11 is 0. The molecule has 29 heavy (non-hydrogen) atoms. The van der Waals surface area contributed by atoms with Crippen LogP contribution in [0.5, 0.6) is 0 Å². The van der Waals surface area contributed by atoms with E-state index in [0.29, 0.717) is 0 Å². The molecule has 0 aliphatic rings. The summed E-state index contributed by atoms with van der Waals surface area (Å²) in [4.78, 5) is 76.3. The molecule has 0 spiro atoms. The molecule has 0 aliphatic carbocycles. The van der Waals surface area contributed by atoms with Crippen molar-refractivity contribution < 1.29 is 73.4 Å². The Morgan fingerprint density at radius 1 is 0.690 bits per heavy atom. The van der Waals surface area contributed by atoms with Crippen molar-refractivity contribution in [2.45, 2.75) is 36.8 Å². The van der Waals surface area contributed by atoms with E-state index in [0.717, 1.165) is 0 Å². The third-order valence-corrected chi connectivity index (χ3v) is 4.54. The van der Waals surface area contributed by atoms with Gasteiger partial charge in [-0.25, -0.2) is 14.4 Å². The molecule has 0 bridgehead atoms. The van der Waals surface area contributed by atoms with Gasteiger partial charge in [0.25, 0.3) is 0 Å². The Morgan fingerprint density at radius 2 is 1.03 bits per heavy atom. The van der Waals surface area contributed by atoms with Gasteiger partial charge in [0.1, 0.15) is 5.54 Å². The van der Waals surface area contributed by atoms with Crippen LogP contribution in [0, 0.1) is 0 Å². The molecule has 0 radical (unpaired) electrons. The minimum Gasteiger partial charge on any atom is -0.481 e. The number of aliphatic carboxylic acids is 6. The Morgan fingerprint density at radius 3 is 1.28 bits per heavy atom. The zero-order valence-electron chi connectivity index (χ0n) is 14.2. The van der Waals surface area contributed by atoms with E-state index in [2.05, 4.69) is 4.52 Å². The Kier molecular flexibility index (Phi) is 8.42. The lowest BCUT2D eigenvalue weighted by atomic mass is 9.93. The first-order valence-electron chi connectivity index (χ1n) is 7.14. The fourth-order valence-corrected chi connectivity index (χ4v) is 3.71. The maximum atomic E-state index is 12.3. The van der Waals surface area contributed by atoms with Crippen LogP contribution in [0.15, 0.2) is 0 Å². The Labute approximate surface area is 159 Å². The minimum atomic E-state index is -5.83. The van der Waals surface area contributed by atoms with Gasteiger partial charge in [-0.15, -0.1) is 0 Å². The van der Waals surface area contributed by atoms with Crippen molar-refractivity contribution in [2.75, 3.05) is 0 Å². The van der Waals surface area contributed by atoms with Crippen molar-refractivity contribution in [1.82, 2.24) is 5.09 Å². The van der Waals surface area contributed by atoms with E-state index < -0.39 is 80.4 Å². The molecule has 16 nitrogen and oxygen atoms in total. The average molecular weight is 445 g/mol. The van der Waals surface area contributed by atoms with Crippen LogP contribution in [-0.4, -0.2) is 82.5 Å². The highest BCUT2D eigenvalue weighted by molar-refractivity contribution is 7.50. The number of carboxylic acid groups (broad SMARTS) is 6. The van der Waals surface area contributed by atoms with Crippen LogP contribution in [-0.2, 0) is 37.9 Å². The van der Waals surface area contributed by atoms with Crippen LogP contribution in [0.4, 0.5) is 0 Å². The summed E-state index contributed by atoms with van der Waals surface area (Å²) in [5.74, 6) is -12.4. The molecular formula is C12H16NO15P. The average Bonchev–Trinajstić information content (AvgIpc) is 2.41. The SMILES string of the molecule is O=C(O)CC(CC(=O)O)(NP(=O)(O)OC(CC(=O)O)(CC(=O)O)C(=O)O)C(=O)O. The standard InChI is InChI=1S/C12H16NO15P/c14-5(15)1-11(9(22)23,2-6(16)17)13-29(26,27)28-12(10(24)25,3-7(18)19)4-8(20)21/h1-4H2,(H,14,15)(H,16,17)(H,18,19)(H,20,21)(H,22,23)(H,24,25)(H2,13,26,27). The van der Waals surface area contributed by atoms with Gasteiger partial charge in [0.05, 0.1) is 25.7 Å². The molecule has 164 valence electrons.